The van der Waals surface area contributed by atoms with E-state index < -0.39 is 12.7 Å². The molecule has 0 aliphatic carbocycles. The summed E-state index contributed by atoms with van der Waals surface area (Å²) in [6.07, 6.45) is -3.58. The van der Waals surface area contributed by atoms with Gasteiger partial charge in [0.1, 0.15) is 6.54 Å². The Bertz CT molecular complexity index is 435. The van der Waals surface area contributed by atoms with Crippen molar-refractivity contribution >= 4 is 17.3 Å². The van der Waals surface area contributed by atoms with Gasteiger partial charge in [-0.3, -0.25) is 0 Å². The number of anilines is 1. The minimum Gasteiger partial charge on any atom is -0.363 e. The van der Waals surface area contributed by atoms with Crippen LogP contribution in [0.2, 0.25) is 5.02 Å². The molecule has 0 aromatic heterocycles. The van der Waals surface area contributed by atoms with Crippen LogP contribution in [0.15, 0.2) is 18.2 Å². The Balaban J connectivity index is 3.00. The third-order valence-corrected chi connectivity index (χ3v) is 3.44. The van der Waals surface area contributed by atoms with Crippen LogP contribution in [0.5, 0.6) is 0 Å². The highest BCUT2D eigenvalue weighted by molar-refractivity contribution is 6.31. The van der Waals surface area contributed by atoms with Gasteiger partial charge < -0.3 is 10.2 Å². The second kappa shape index (κ2) is 7.18. The van der Waals surface area contributed by atoms with E-state index in [0.717, 1.165) is 5.56 Å². The van der Waals surface area contributed by atoms with Gasteiger partial charge in [-0.25, -0.2) is 0 Å². The molecule has 20 heavy (non-hydrogen) atoms. The van der Waals surface area contributed by atoms with Gasteiger partial charge >= 0.3 is 6.18 Å². The van der Waals surface area contributed by atoms with Crippen molar-refractivity contribution in [2.75, 3.05) is 25.0 Å². The van der Waals surface area contributed by atoms with E-state index >= 15 is 0 Å². The van der Waals surface area contributed by atoms with Crippen molar-refractivity contribution in [3.05, 3.63) is 28.8 Å². The quantitative estimate of drug-likeness (QED) is 0.838. The van der Waals surface area contributed by atoms with Gasteiger partial charge in [-0.15, -0.1) is 0 Å². The van der Waals surface area contributed by atoms with Crippen LogP contribution in [0.3, 0.4) is 0 Å². The first-order valence-corrected chi connectivity index (χ1v) is 6.94. The largest absolute Gasteiger partial charge is 0.405 e. The third-order valence-electron chi connectivity index (χ3n) is 3.11. The average Bonchev–Trinajstić information content (AvgIpc) is 2.35. The molecule has 0 radical (unpaired) electrons. The molecule has 0 spiro atoms. The molecule has 0 amide bonds. The summed E-state index contributed by atoms with van der Waals surface area (Å²) in [7, 11) is 1.81. The molecule has 114 valence electrons. The molecule has 1 aromatic carbocycles. The van der Waals surface area contributed by atoms with Crippen molar-refractivity contribution in [3.63, 3.8) is 0 Å². The summed E-state index contributed by atoms with van der Waals surface area (Å²) < 4.78 is 37.8. The van der Waals surface area contributed by atoms with Crippen LogP contribution in [0.1, 0.15) is 31.9 Å². The van der Waals surface area contributed by atoms with E-state index in [1.165, 1.54) is 4.90 Å². The number of halogens is 4. The molecular formula is C14H20ClF3N2. The second-order valence-electron chi connectivity index (χ2n) is 4.75. The molecule has 0 aliphatic heterocycles. The Kier molecular flexibility index (Phi) is 6.14. The zero-order valence-corrected chi connectivity index (χ0v) is 12.6. The van der Waals surface area contributed by atoms with E-state index in [0.29, 0.717) is 23.7 Å². The van der Waals surface area contributed by atoms with Gasteiger partial charge in [0, 0.05) is 23.3 Å². The summed E-state index contributed by atoms with van der Waals surface area (Å²) in [5.74, 6) is 0. The number of benzene rings is 1. The highest BCUT2D eigenvalue weighted by atomic mass is 35.5. The molecule has 1 unspecified atom stereocenters. The normalized spacial score (nSPS) is 13.3. The third kappa shape index (κ3) is 4.87. The monoisotopic (exact) mass is 308 g/mol. The first-order chi connectivity index (χ1) is 9.28. The molecule has 6 heteroatoms. The highest BCUT2D eigenvalue weighted by Crippen LogP contribution is 2.29. The minimum absolute atomic E-state index is 0.0544. The summed E-state index contributed by atoms with van der Waals surface area (Å²) in [6.45, 7) is 3.18. The Labute approximate surface area is 122 Å². The number of nitrogens with zero attached hydrogens (tertiary/aromatic N) is 1. The predicted octanol–water partition coefficient (Wildman–Crippen LogP) is 4.40. The van der Waals surface area contributed by atoms with E-state index in [9.17, 15) is 13.2 Å². The van der Waals surface area contributed by atoms with E-state index in [2.05, 4.69) is 5.32 Å². The number of nitrogens with one attached hydrogen (secondary N) is 1. The van der Waals surface area contributed by atoms with Crippen LogP contribution in [-0.4, -0.2) is 26.3 Å². The number of hydrogen-bond donors (Lipinski definition) is 1. The maximum Gasteiger partial charge on any atom is 0.405 e. The first kappa shape index (κ1) is 17.1. The van der Waals surface area contributed by atoms with E-state index in [-0.39, 0.29) is 6.04 Å². The summed E-state index contributed by atoms with van der Waals surface area (Å²) in [6, 6.07) is 5.12. The molecule has 1 rings (SSSR count). The lowest BCUT2D eigenvalue weighted by atomic mass is 10.1. The average molecular weight is 309 g/mol. The molecule has 0 bridgehead atoms. The number of alkyl halides is 3. The number of hydrogen-bond acceptors (Lipinski definition) is 2. The van der Waals surface area contributed by atoms with Crippen LogP contribution in [0, 0.1) is 0 Å². The summed E-state index contributed by atoms with van der Waals surface area (Å²) in [4.78, 5) is 1.31. The predicted molar refractivity (Wildman–Crippen MR) is 77.5 cm³/mol. The molecule has 0 saturated heterocycles. The molecule has 0 heterocycles. The maximum absolute atomic E-state index is 12.6. The lowest BCUT2D eigenvalue weighted by molar-refractivity contribution is -0.119. The molecular weight excluding hydrogens is 289 g/mol. The summed E-state index contributed by atoms with van der Waals surface area (Å²) >= 11 is 6.17. The zero-order valence-electron chi connectivity index (χ0n) is 11.9. The summed E-state index contributed by atoms with van der Waals surface area (Å²) in [5, 5.41) is 3.54. The smallest absolute Gasteiger partial charge is 0.363 e. The Morgan fingerprint density at radius 2 is 2.00 bits per heavy atom. The summed E-state index contributed by atoms with van der Waals surface area (Å²) in [5.41, 5.74) is 1.38. The van der Waals surface area contributed by atoms with Crippen molar-refractivity contribution in [2.45, 2.75) is 32.5 Å². The Hall–Kier alpha value is -0.940. The fraction of sp³-hybridized carbons (Fsp3) is 0.571. The highest BCUT2D eigenvalue weighted by Gasteiger charge is 2.30. The van der Waals surface area contributed by atoms with Gasteiger partial charge in [0.2, 0.25) is 0 Å². The van der Waals surface area contributed by atoms with E-state index in [4.69, 9.17) is 11.6 Å². The van der Waals surface area contributed by atoms with Crippen LogP contribution < -0.4 is 10.2 Å². The molecule has 1 atom stereocenters. The van der Waals surface area contributed by atoms with Crippen molar-refractivity contribution in [1.29, 1.82) is 0 Å². The van der Waals surface area contributed by atoms with E-state index in [1.54, 1.807) is 18.2 Å². The zero-order chi connectivity index (χ0) is 15.3. The van der Waals surface area contributed by atoms with Gasteiger partial charge in [0.25, 0.3) is 0 Å². The SMILES string of the molecule is CCCN(CC(F)(F)F)c1ccc(C(C)NC)c(Cl)c1. The molecule has 0 saturated carbocycles. The van der Waals surface area contributed by atoms with E-state index in [1.807, 2.05) is 20.9 Å². The van der Waals surface area contributed by atoms with Crippen molar-refractivity contribution in [2.24, 2.45) is 0 Å². The molecule has 0 aliphatic rings. The lowest BCUT2D eigenvalue weighted by Crippen LogP contribution is -2.34. The Morgan fingerprint density at radius 3 is 2.45 bits per heavy atom. The first-order valence-electron chi connectivity index (χ1n) is 6.57. The van der Waals surface area contributed by atoms with Crippen LogP contribution in [0.25, 0.3) is 0 Å². The standard InChI is InChI=1S/C14H20ClF3N2/c1-4-7-20(9-14(16,17)18)11-5-6-12(10(2)19-3)13(15)8-11/h5-6,8,10,19H,4,7,9H2,1-3H3. The van der Waals surface area contributed by atoms with Crippen LogP contribution >= 0.6 is 11.6 Å². The molecule has 2 nitrogen and oxygen atoms in total. The van der Waals surface area contributed by atoms with Crippen molar-refractivity contribution in [3.8, 4) is 0 Å². The fourth-order valence-electron chi connectivity index (χ4n) is 2.01. The van der Waals surface area contributed by atoms with Crippen molar-refractivity contribution in [1.82, 2.24) is 5.32 Å². The van der Waals surface area contributed by atoms with Gasteiger partial charge in [-0.05, 0) is 38.1 Å². The number of rotatable bonds is 6. The van der Waals surface area contributed by atoms with Gasteiger partial charge in [0.05, 0.1) is 0 Å². The van der Waals surface area contributed by atoms with Crippen LogP contribution in [0.4, 0.5) is 18.9 Å². The lowest BCUT2D eigenvalue weighted by Gasteiger charge is -2.26. The molecule has 1 N–H and O–H groups in total. The van der Waals surface area contributed by atoms with Gasteiger partial charge in [0.15, 0.2) is 0 Å². The fourth-order valence-corrected chi connectivity index (χ4v) is 2.34. The van der Waals surface area contributed by atoms with Crippen LogP contribution in [-0.2, 0) is 0 Å². The minimum atomic E-state index is -4.22. The Morgan fingerprint density at radius 1 is 1.35 bits per heavy atom. The topological polar surface area (TPSA) is 15.3 Å². The maximum atomic E-state index is 12.6. The molecule has 0 fully saturated rings. The van der Waals surface area contributed by atoms with Gasteiger partial charge in [-0.2, -0.15) is 13.2 Å². The van der Waals surface area contributed by atoms with Crippen molar-refractivity contribution < 1.29 is 13.2 Å². The van der Waals surface area contributed by atoms with Gasteiger partial charge in [-0.1, -0.05) is 24.6 Å². The second-order valence-corrected chi connectivity index (χ2v) is 5.16. The molecule has 1 aromatic rings.